The van der Waals surface area contributed by atoms with Gasteiger partial charge in [-0.3, -0.25) is 9.55 Å². The van der Waals surface area contributed by atoms with E-state index in [2.05, 4.69) is 9.97 Å². The predicted octanol–water partition coefficient (Wildman–Crippen LogP) is 5.11. The van der Waals surface area contributed by atoms with Crippen molar-refractivity contribution in [2.24, 2.45) is 0 Å². The van der Waals surface area contributed by atoms with Crippen LogP contribution in [0.15, 0.2) is 58.0 Å². The van der Waals surface area contributed by atoms with Crippen LogP contribution in [0.4, 0.5) is 4.79 Å². The summed E-state index contributed by atoms with van der Waals surface area (Å²) in [5.74, 6) is 0.860. The van der Waals surface area contributed by atoms with Gasteiger partial charge < -0.3 is 14.1 Å². The third-order valence-electron chi connectivity index (χ3n) is 6.03. The SMILES string of the molecule is CC(C)(C)OC(=O)N1CCc2oc3cc(-n4ccc(CCc5ccc(Cl)cn5)nc4=O)ccc3c2C1. The number of hydrogen-bond acceptors (Lipinski definition) is 6. The fourth-order valence-corrected chi connectivity index (χ4v) is 4.40. The highest BCUT2D eigenvalue weighted by Crippen LogP contribution is 2.32. The molecule has 0 bridgehead atoms. The maximum Gasteiger partial charge on any atom is 0.410 e. The van der Waals surface area contributed by atoms with Crippen molar-refractivity contribution in [3.05, 3.63) is 87.0 Å². The summed E-state index contributed by atoms with van der Waals surface area (Å²) < 4.78 is 13.1. The Morgan fingerprint density at radius 3 is 2.67 bits per heavy atom. The van der Waals surface area contributed by atoms with Crippen LogP contribution in [0.25, 0.3) is 16.7 Å². The van der Waals surface area contributed by atoms with E-state index in [1.807, 2.05) is 51.1 Å². The van der Waals surface area contributed by atoms with Crippen LogP contribution in [0.3, 0.4) is 0 Å². The third kappa shape index (κ3) is 5.14. The first-order valence-electron chi connectivity index (χ1n) is 11.9. The van der Waals surface area contributed by atoms with Crippen molar-refractivity contribution in [2.45, 2.75) is 52.2 Å². The number of aromatic nitrogens is 3. The molecule has 0 radical (unpaired) electrons. The number of hydrogen-bond donors (Lipinski definition) is 0. The second kappa shape index (κ2) is 9.43. The Bertz CT molecular complexity index is 1480. The summed E-state index contributed by atoms with van der Waals surface area (Å²) in [6.45, 7) is 6.53. The highest BCUT2D eigenvalue weighted by atomic mass is 35.5. The van der Waals surface area contributed by atoms with Gasteiger partial charge in [-0.05, 0) is 63.9 Å². The lowest BCUT2D eigenvalue weighted by Crippen LogP contribution is -2.39. The van der Waals surface area contributed by atoms with Crippen LogP contribution < -0.4 is 5.69 Å². The maximum atomic E-state index is 12.8. The Balaban J connectivity index is 1.34. The van der Waals surface area contributed by atoms with E-state index in [9.17, 15) is 9.59 Å². The van der Waals surface area contributed by atoms with E-state index in [0.29, 0.717) is 54.3 Å². The summed E-state index contributed by atoms with van der Waals surface area (Å²) >= 11 is 5.88. The van der Waals surface area contributed by atoms with Crippen LogP contribution in [0.1, 0.15) is 43.5 Å². The molecule has 0 spiro atoms. The number of carbonyl (C=O) groups excluding carboxylic acids is 1. The lowest BCUT2D eigenvalue weighted by molar-refractivity contribution is 0.0220. The molecule has 0 atom stereocenters. The topological polar surface area (TPSA) is 90.5 Å². The number of nitrogens with zero attached hydrogens (tertiary/aromatic N) is 4. The number of carbonyl (C=O) groups is 1. The van der Waals surface area contributed by atoms with E-state index in [1.54, 1.807) is 23.4 Å². The standard InChI is InChI=1S/C27H27ClN4O4/c1-27(2,3)36-26(34)31-12-11-23-22(16-31)21-9-8-20(14-24(21)35-23)32-13-10-19(30-25(32)33)7-6-18-5-4-17(28)15-29-18/h4-5,8-10,13-15H,6-7,11-12,16H2,1-3H3. The highest BCUT2D eigenvalue weighted by molar-refractivity contribution is 6.30. The van der Waals surface area contributed by atoms with E-state index in [-0.39, 0.29) is 11.8 Å². The minimum absolute atomic E-state index is 0.330. The molecule has 0 fully saturated rings. The number of halogens is 1. The fraction of sp³-hybridized carbons (Fsp3) is 0.333. The molecule has 8 nitrogen and oxygen atoms in total. The average molecular weight is 507 g/mol. The highest BCUT2D eigenvalue weighted by Gasteiger charge is 2.29. The fourth-order valence-electron chi connectivity index (χ4n) is 4.29. The van der Waals surface area contributed by atoms with Crippen LogP contribution in [-0.2, 0) is 30.5 Å². The molecule has 9 heteroatoms. The number of pyridine rings is 1. The van der Waals surface area contributed by atoms with Crippen molar-refractivity contribution in [1.82, 2.24) is 19.4 Å². The van der Waals surface area contributed by atoms with E-state index < -0.39 is 5.60 Å². The van der Waals surface area contributed by atoms with E-state index in [4.69, 9.17) is 20.8 Å². The Hall–Kier alpha value is -3.65. The summed E-state index contributed by atoms with van der Waals surface area (Å²) in [5, 5.41) is 1.52. The second-order valence-corrected chi connectivity index (χ2v) is 10.3. The van der Waals surface area contributed by atoms with Gasteiger partial charge in [0.05, 0.1) is 17.3 Å². The molecule has 0 aliphatic carbocycles. The average Bonchev–Trinajstić information content (AvgIpc) is 3.19. The van der Waals surface area contributed by atoms with Gasteiger partial charge in [-0.2, -0.15) is 4.98 Å². The summed E-state index contributed by atoms with van der Waals surface area (Å²) in [4.78, 5) is 35.6. The maximum absolute atomic E-state index is 12.8. The van der Waals surface area contributed by atoms with Crippen LogP contribution in [0, 0.1) is 0 Å². The largest absolute Gasteiger partial charge is 0.461 e. The first-order valence-corrected chi connectivity index (χ1v) is 12.3. The molecule has 4 heterocycles. The van der Waals surface area contributed by atoms with Crippen molar-refractivity contribution in [3.63, 3.8) is 0 Å². The van der Waals surface area contributed by atoms with Gasteiger partial charge in [-0.25, -0.2) is 9.59 Å². The summed E-state index contributed by atoms with van der Waals surface area (Å²) in [6.07, 6.45) is 4.88. The van der Waals surface area contributed by atoms with Crippen LogP contribution in [0.2, 0.25) is 5.02 Å². The lowest BCUT2D eigenvalue weighted by atomic mass is 10.0. The molecule has 0 saturated carbocycles. The second-order valence-electron chi connectivity index (χ2n) is 9.88. The summed E-state index contributed by atoms with van der Waals surface area (Å²) in [7, 11) is 0. The minimum Gasteiger partial charge on any atom is -0.461 e. The molecule has 1 aliphatic heterocycles. The van der Waals surface area contributed by atoms with Gasteiger partial charge in [0.2, 0.25) is 0 Å². The van der Waals surface area contributed by atoms with Crippen molar-refractivity contribution in [1.29, 1.82) is 0 Å². The zero-order chi connectivity index (χ0) is 25.4. The van der Waals surface area contributed by atoms with Crippen LogP contribution in [0.5, 0.6) is 0 Å². The number of benzene rings is 1. The molecule has 1 aliphatic rings. The summed E-state index contributed by atoms with van der Waals surface area (Å²) in [5.41, 5.74) is 3.00. The normalized spacial score (nSPS) is 13.6. The number of aryl methyl sites for hydroxylation is 2. The quantitative estimate of drug-likeness (QED) is 0.382. The zero-order valence-electron chi connectivity index (χ0n) is 20.5. The van der Waals surface area contributed by atoms with Gasteiger partial charge in [-0.15, -0.1) is 0 Å². The Morgan fingerprint density at radius 2 is 1.94 bits per heavy atom. The van der Waals surface area contributed by atoms with Gasteiger partial charge in [0.1, 0.15) is 16.9 Å². The monoisotopic (exact) mass is 506 g/mol. The van der Waals surface area contributed by atoms with E-state index in [0.717, 1.165) is 22.4 Å². The molecule has 5 rings (SSSR count). The molecule has 186 valence electrons. The van der Waals surface area contributed by atoms with Gasteiger partial charge in [-0.1, -0.05) is 11.6 Å². The lowest BCUT2D eigenvalue weighted by Gasteiger charge is -2.29. The van der Waals surface area contributed by atoms with Gasteiger partial charge in [0, 0.05) is 53.8 Å². The van der Waals surface area contributed by atoms with E-state index >= 15 is 0 Å². The minimum atomic E-state index is -0.547. The van der Waals surface area contributed by atoms with Crippen molar-refractivity contribution in [3.8, 4) is 5.69 Å². The summed E-state index contributed by atoms with van der Waals surface area (Å²) in [6, 6.07) is 11.1. The van der Waals surface area contributed by atoms with Gasteiger partial charge >= 0.3 is 11.8 Å². The molecule has 0 saturated heterocycles. The first kappa shape index (κ1) is 24.1. The number of rotatable bonds is 4. The predicted molar refractivity (Wildman–Crippen MR) is 137 cm³/mol. The Labute approximate surface area is 213 Å². The van der Waals surface area contributed by atoms with Crippen LogP contribution >= 0.6 is 11.6 Å². The van der Waals surface area contributed by atoms with Crippen molar-refractivity contribution < 1.29 is 13.9 Å². The van der Waals surface area contributed by atoms with Crippen molar-refractivity contribution >= 4 is 28.7 Å². The number of fused-ring (bicyclic) bond motifs is 3. The number of ether oxygens (including phenoxy) is 1. The smallest absolute Gasteiger partial charge is 0.410 e. The molecule has 1 amide bonds. The van der Waals surface area contributed by atoms with Gasteiger partial charge in [0.25, 0.3) is 0 Å². The number of amides is 1. The van der Waals surface area contributed by atoms with Gasteiger partial charge in [0.15, 0.2) is 0 Å². The molecule has 3 aromatic heterocycles. The number of furan rings is 1. The molecule has 0 N–H and O–H groups in total. The Morgan fingerprint density at radius 1 is 1.14 bits per heavy atom. The Kier molecular flexibility index (Phi) is 6.30. The van der Waals surface area contributed by atoms with Crippen LogP contribution in [-0.4, -0.2) is 37.7 Å². The molecular formula is C27H27ClN4O4. The molecule has 0 unspecified atom stereocenters. The zero-order valence-corrected chi connectivity index (χ0v) is 21.2. The third-order valence-corrected chi connectivity index (χ3v) is 6.26. The van der Waals surface area contributed by atoms with Crippen molar-refractivity contribution in [2.75, 3.05) is 6.54 Å². The molecule has 4 aromatic rings. The molecule has 36 heavy (non-hydrogen) atoms. The molecule has 1 aromatic carbocycles. The van der Waals surface area contributed by atoms with E-state index in [1.165, 1.54) is 4.57 Å². The first-order chi connectivity index (χ1) is 17.2. The molecular weight excluding hydrogens is 480 g/mol.